The summed E-state index contributed by atoms with van der Waals surface area (Å²) in [5.41, 5.74) is 0. The normalized spacial score (nSPS) is 34.9. The first kappa shape index (κ1) is 11.9. The third kappa shape index (κ3) is 3.77. The second-order valence-electron chi connectivity index (χ2n) is 5.46. The first-order valence-electron chi connectivity index (χ1n) is 7.08. The van der Waals surface area contributed by atoms with Crippen molar-refractivity contribution in [2.75, 3.05) is 0 Å². The molecule has 2 aliphatic rings. The van der Waals surface area contributed by atoms with Crippen molar-refractivity contribution in [3.05, 3.63) is 12.2 Å². The fourth-order valence-electron chi connectivity index (χ4n) is 2.79. The van der Waals surface area contributed by atoms with Crippen molar-refractivity contribution >= 4 is 5.78 Å². The van der Waals surface area contributed by atoms with Crippen molar-refractivity contribution in [2.24, 2.45) is 11.8 Å². The summed E-state index contributed by atoms with van der Waals surface area (Å²) in [7, 11) is 0. The average Bonchev–Trinajstić information content (AvgIpc) is 3.04. The molecule has 2 atom stereocenters. The van der Waals surface area contributed by atoms with E-state index in [0.717, 1.165) is 12.3 Å². The van der Waals surface area contributed by atoms with Crippen LogP contribution < -0.4 is 0 Å². The van der Waals surface area contributed by atoms with Crippen LogP contribution in [0.2, 0.25) is 0 Å². The number of fused-ring (bicyclic) bond motifs is 1. The average molecular weight is 220 g/mol. The maximum atomic E-state index is 11.7. The van der Waals surface area contributed by atoms with Crippen LogP contribution in [0.1, 0.15) is 64.2 Å². The molecule has 0 unspecified atom stereocenters. The number of hydrogen-bond acceptors (Lipinski definition) is 1. The molecule has 1 nitrogen and oxygen atoms in total. The molecule has 0 spiro atoms. The van der Waals surface area contributed by atoms with Gasteiger partial charge in [0.25, 0.3) is 0 Å². The third-order valence-corrected chi connectivity index (χ3v) is 4.02. The molecule has 2 aliphatic carbocycles. The Morgan fingerprint density at radius 2 is 1.62 bits per heavy atom. The molecule has 0 aromatic carbocycles. The van der Waals surface area contributed by atoms with Gasteiger partial charge in [0.05, 0.1) is 0 Å². The van der Waals surface area contributed by atoms with Crippen LogP contribution in [0, 0.1) is 11.8 Å². The number of ketones is 1. The van der Waals surface area contributed by atoms with Gasteiger partial charge in [0.1, 0.15) is 0 Å². The molecule has 0 saturated heterocycles. The molecule has 1 fully saturated rings. The van der Waals surface area contributed by atoms with Crippen LogP contribution in [-0.4, -0.2) is 5.78 Å². The van der Waals surface area contributed by atoms with Gasteiger partial charge in [-0.15, -0.1) is 0 Å². The van der Waals surface area contributed by atoms with Gasteiger partial charge in [-0.3, -0.25) is 4.79 Å². The van der Waals surface area contributed by atoms with Crippen molar-refractivity contribution in [3.63, 3.8) is 0 Å². The molecule has 0 radical (unpaired) electrons. The highest BCUT2D eigenvalue weighted by atomic mass is 16.1. The lowest BCUT2D eigenvalue weighted by atomic mass is 10.0. The maximum Gasteiger partial charge on any atom is 0.158 e. The molecular weight excluding hydrogens is 196 g/mol. The Hall–Kier alpha value is -0.590. The van der Waals surface area contributed by atoms with E-state index in [1.807, 2.05) is 6.08 Å². The zero-order chi connectivity index (χ0) is 11.2. The minimum absolute atomic E-state index is 0.402. The Balaban J connectivity index is 1.78. The standard InChI is InChI=1S/C15H24O/c16-15-11-9-7-5-3-1-2-4-6-8-10-13-12-14(13)15/h9,11,13-14H,1-8,10,12H2/b11-9-/t13-,14-/m0/s1. The SMILES string of the molecule is O=C1/C=C\CCCCCCCCC[C@H]2C[C@H]12. The Morgan fingerprint density at radius 1 is 0.938 bits per heavy atom. The van der Waals surface area contributed by atoms with Gasteiger partial charge in [-0.05, 0) is 37.7 Å². The molecular formula is C15H24O. The van der Waals surface area contributed by atoms with Crippen LogP contribution >= 0.6 is 0 Å². The molecule has 1 heteroatoms. The van der Waals surface area contributed by atoms with E-state index in [9.17, 15) is 4.79 Å². The second-order valence-corrected chi connectivity index (χ2v) is 5.46. The van der Waals surface area contributed by atoms with E-state index >= 15 is 0 Å². The van der Waals surface area contributed by atoms with E-state index in [1.54, 1.807) is 0 Å². The van der Waals surface area contributed by atoms with Gasteiger partial charge >= 0.3 is 0 Å². The summed E-state index contributed by atoms with van der Waals surface area (Å²) >= 11 is 0. The number of carbonyl (C=O) groups excluding carboxylic acids is 1. The predicted octanol–water partition coefficient (Wildman–Crippen LogP) is 4.27. The molecule has 0 aromatic rings. The van der Waals surface area contributed by atoms with Gasteiger partial charge in [-0.25, -0.2) is 0 Å². The summed E-state index contributed by atoms with van der Waals surface area (Å²) in [4.78, 5) is 11.7. The van der Waals surface area contributed by atoms with E-state index in [4.69, 9.17) is 0 Å². The molecule has 0 N–H and O–H groups in total. The van der Waals surface area contributed by atoms with Crippen LogP contribution in [0.15, 0.2) is 12.2 Å². The van der Waals surface area contributed by atoms with E-state index < -0.39 is 0 Å². The summed E-state index contributed by atoms with van der Waals surface area (Å²) in [6, 6.07) is 0. The summed E-state index contributed by atoms with van der Waals surface area (Å²) in [5.74, 6) is 1.54. The van der Waals surface area contributed by atoms with Crippen molar-refractivity contribution < 1.29 is 4.79 Å². The zero-order valence-electron chi connectivity index (χ0n) is 10.3. The largest absolute Gasteiger partial charge is 0.295 e. The Morgan fingerprint density at radius 3 is 2.44 bits per heavy atom. The van der Waals surface area contributed by atoms with E-state index in [-0.39, 0.29) is 0 Å². The molecule has 90 valence electrons. The molecule has 1 saturated carbocycles. The fourth-order valence-corrected chi connectivity index (χ4v) is 2.79. The van der Waals surface area contributed by atoms with E-state index in [0.29, 0.717) is 11.7 Å². The Bertz CT molecular complexity index is 254. The van der Waals surface area contributed by atoms with Crippen molar-refractivity contribution in [2.45, 2.75) is 64.2 Å². The minimum atomic E-state index is 0.402. The lowest BCUT2D eigenvalue weighted by Gasteiger charge is -2.02. The van der Waals surface area contributed by atoms with Gasteiger partial charge in [0.15, 0.2) is 5.78 Å². The monoisotopic (exact) mass is 220 g/mol. The smallest absolute Gasteiger partial charge is 0.158 e. The zero-order valence-corrected chi connectivity index (χ0v) is 10.3. The molecule has 2 rings (SSSR count). The first-order valence-corrected chi connectivity index (χ1v) is 7.08. The lowest BCUT2D eigenvalue weighted by molar-refractivity contribution is -0.116. The summed E-state index contributed by atoms with van der Waals surface area (Å²) < 4.78 is 0. The van der Waals surface area contributed by atoms with Crippen molar-refractivity contribution in [1.82, 2.24) is 0 Å². The van der Waals surface area contributed by atoms with Crippen LogP contribution in [0.5, 0.6) is 0 Å². The Kier molecular flexibility index (Phi) is 4.62. The minimum Gasteiger partial charge on any atom is -0.295 e. The van der Waals surface area contributed by atoms with Crippen LogP contribution in [0.3, 0.4) is 0 Å². The predicted molar refractivity (Wildman–Crippen MR) is 67.3 cm³/mol. The van der Waals surface area contributed by atoms with Gasteiger partial charge in [0.2, 0.25) is 0 Å². The molecule has 0 heterocycles. The maximum absolute atomic E-state index is 11.7. The van der Waals surface area contributed by atoms with Gasteiger partial charge < -0.3 is 0 Å². The van der Waals surface area contributed by atoms with Gasteiger partial charge in [-0.1, -0.05) is 44.6 Å². The van der Waals surface area contributed by atoms with Crippen LogP contribution in [0.25, 0.3) is 0 Å². The highest BCUT2D eigenvalue weighted by molar-refractivity contribution is 5.93. The number of rotatable bonds is 0. The Labute approximate surface area is 99.3 Å². The summed E-state index contributed by atoms with van der Waals surface area (Å²) in [6.07, 6.45) is 17.1. The topological polar surface area (TPSA) is 17.1 Å². The number of allylic oxidation sites excluding steroid dienone is 2. The number of hydrogen-bond donors (Lipinski definition) is 0. The molecule has 0 aromatic heterocycles. The van der Waals surface area contributed by atoms with Crippen molar-refractivity contribution in [1.29, 1.82) is 0 Å². The third-order valence-electron chi connectivity index (χ3n) is 4.02. The highest BCUT2D eigenvalue weighted by Gasteiger charge is 2.40. The summed E-state index contributed by atoms with van der Waals surface area (Å²) in [5, 5.41) is 0. The van der Waals surface area contributed by atoms with Crippen LogP contribution in [0.4, 0.5) is 0 Å². The van der Waals surface area contributed by atoms with Gasteiger partial charge in [0, 0.05) is 5.92 Å². The fraction of sp³-hybridized carbons (Fsp3) is 0.800. The van der Waals surface area contributed by atoms with Crippen molar-refractivity contribution in [3.8, 4) is 0 Å². The lowest BCUT2D eigenvalue weighted by Crippen LogP contribution is -1.98. The summed E-state index contributed by atoms with van der Waals surface area (Å²) in [6.45, 7) is 0. The van der Waals surface area contributed by atoms with E-state index in [1.165, 1.54) is 57.8 Å². The second kappa shape index (κ2) is 6.22. The molecule has 0 aliphatic heterocycles. The van der Waals surface area contributed by atoms with Gasteiger partial charge in [-0.2, -0.15) is 0 Å². The molecule has 0 amide bonds. The first-order chi connectivity index (χ1) is 7.88. The molecule has 0 bridgehead atoms. The molecule has 16 heavy (non-hydrogen) atoms. The van der Waals surface area contributed by atoms with Crippen LogP contribution in [-0.2, 0) is 4.79 Å². The highest BCUT2D eigenvalue weighted by Crippen LogP contribution is 2.43. The quantitative estimate of drug-likeness (QED) is 0.595. The van der Waals surface area contributed by atoms with E-state index in [2.05, 4.69) is 6.08 Å². The number of carbonyl (C=O) groups is 1.